The third-order valence-corrected chi connectivity index (χ3v) is 4.02. The third-order valence-electron chi connectivity index (χ3n) is 4.02. The second-order valence-electron chi connectivity index (χ2n) is 7.95. The first-order chi connectivity index (χ1) is 12.0. The van der Waals surface area contributed by atoms with Crippen molar-refractivity contribution in [3.05, 3.63) is 34.8 Å². The van der Waals surface area contributed by atoms with Crippen molar-refractivity contribution in [2.75, 3.05) is 20.1 Å². The van der Waals surface area contributed by atoms with Crippen LogP contribution in [0.15, 0.2) is 16.7 Å². The van der Waals surface area contributed by atoms with Crippen LogP contribution in [0.4, 0.5) is 0 Å². The maximum absolute atomic E-state index is 12.7. The number of aromatic nitrogens is 2. The van der Waals surface area contributed by atoms with Gasteiger partial charge in [-0.2, -0.15) is 0 Å². The Labute approximate surface area is 154 Å². The van der Waals surface area contributed by atoms with Crippen molar-refractivity contribution in [1.82, 2.24) is 15.0 Å². The summed E-state index contributed by atoms with van der Waals surface area (Å²) in [6.07, 6.45) is 0. The highest BCUT2D eigenvalue weighted by Gasteiger charge is 2.23. The van der Waals surface area contributed by atoms with E-state index in [1.165, 1.54) is 0 Å². The molecule has 0 spiro atoms. The second-order valence-corrected chi connectivity index (χ2v) is 7.95. The molecule has 1 atom stereocenters. The average molecular weight is 361 g/mol. The van der Waals surface area contributed by atoms with Crippen LogP contribution in [0.5, 0.6) is 0 Å². The predicted octanol–water partition coefficient (Wildman–Crippen LogP) is 1.00. The van der Waals surface area contributed by atoms with Crippen LogP contribution in [-0.4, -0.2) is 47.1 Å². The first kappa shape index (κ1) is 19.9. The van der Waals surface area contributed by atoms with E-state index in [2.05, 4.69) is 10.5 Å². The van der Waals surface area contributed by atoms with Gasteiger partial charge in [0.05, 0.1) is 7.05 Å². The van der Waals surface area contributed by atoms with Gasteiger partial charge in [-0.1, -0.05) is 5.16 Å². The minimum atomic E-state index is -0.276. The summed E-state index contributed by atoms with van der Waals surface area (Å²) in [6, 6.07) is 3.70. The zero-order valence-electron chi connectivity index (χ0n) is 16.7. The number of amides is 1. The van der Waals surface area contributed by atoms with Gasteiger partial charge in [0, 0.05) is 28.6 Å². The fraction of sp³-hybridized carbons (Fsp3) is 0.526. The van der Waals surface area contributed by atoms with Gasteiger partial charge in [0.25, 0.3) is 5.91 Å². The molecule has 0 aromatic carbocycles. The summed E-state index contributed by atoms with van der Waals surface area (Å²) in [4.78, 5) is 25.6. The van der Waals surface area contributed by atoms with Gasteiger partial charge >= 0.3 is 0 Å². The van der Waals surface area contributed by atoms with Gasteiger partial charge < -0.3 is 14.7 Å². The number of likely N-dealkylation sites (N-methyl/N-ethyl adjacent to an activating group) is 1. The number of aryl methyl sites for hydroxylation is 2. The smallest absolute Gasteiger partial charge is 0.275 e. The summed E-state index contributed by atoms with van der Waals surface area (Å²) in [5.41, 5.74) is 2.12. The first-order valence-corrected chi connectivity index (χ1v) is 8.76. The molecule has 1 unspecified atom stereocenters. The van der Waals surface area contributed by atoms with Crippen molar-refractivity contribution in [2.45, 2.75) is 47.1 Å². The molecule has 0 fully saturated rings. The largest absolute Gasteiger partial charge is 0.360 e. The average Bonchev–Trinajstić information content (AvgIpc) is 2.99. The van der Waals surface area contributed by atoms with Crippen LogP contribution in [0.2, 0.25) is 0 Å². The molecule has 142 valence electrons. The predicted molar refractivity (Wildman–Crippen MR) is 98.9 cm³/mol. The van der Waals surface area contributed by atoms with Gasteiger partial charge in [0.15, 0.2) is 12.4 Å². The molecule has 7 heteroatoms. The van der Waals surface area contributed by atoms with E-state index < -0.39 is 0 Å². The number of hydrogen-bond donors (Lipinski definition) is 2. The number of ketones is 1. The van der Waals surface area contributed by atoms with Crippen molar-refractivity contribution >= 4 is 11.7 Å². The lowest BCUT2D eigenvalue weighted by molar-refractivity contribution is -0.862. The second kappa shape index (κ2) is 7.45. The lowest BCUT2D eigenvalue weighted by atomic mass is 10.1. The SMILES string of the molecule is Cc1cc(-n2c(C)cc(C(=O)C[NH+](C)CC(=O)NC(C)(C)C)c2C)no1. The van der Waals surface area contributed by atoms with Crippen LogP contribution in [0.25, 0.3) is 5.82 Å². The molecule has 7 nitrogen and oxygen atoms in total. The third kappa shape index (κ3) is 4.82. The number of nitrogens with one attached hydrogen (secondary N) is 2. The molecule has 2 rings (SSSR count). The van der Waals surface area contributed by atoms with Crippen LogP contribution in [0.1, 0.15) is 48.3 Å². The molecule has 26 heavy (non-hydrogen) atoms. The molecule has 1 amide bonds. The fourth-order valence-corrected chi connectivity index (χ4v) is 3.02. The van der Waals surface area contributed by atoms with Crippen LogP contribution in [0, 0.1) is 20.8 Å². The van der Waals surface area contributed by atoms with E-state index in [0.717, 1.165) is 22.0 Å². The monoisotopic (exact) mass is 361 g/mol. The van der Waals surface area contributed by atoms with Crippen LogP contribution in [-0.2, 0) is 4.79 Å². The Bertz CT molecular complexity index is 811. The molecular weight excluding hydrogens is 332 g/mol. The van der Waals surface area contributed by atoms with Gasteiger partial charge in [-0.3, -0.25) is 14.2 Å². The Morgan fingerprint density at radius 2 is 1.85 bits per heavy atom. The fourth-order valence-electron chi connectivity index (χ4n) is 3.02. The summed E-state index contributed by atoms with van der Waals surface area (Å²) in [6.45, 7) is 12.0. The summed E-state index contributed by atoms with van der Waals surface area (Å²) >= 11 is 0. The summed E-state index contributed by atoms with van der Waals surface area (Å²) in [7, 11) is 1.85. The van der Waals surface area contributed by atoms with E-state index in [1.807, 2.05) is 65.3 Å². The Hall–Kier alpha value is -2.41. The van der Waals surface area contributed by atoms with Crippen molar-refractivity contribution < 1.29 is 19.0 Å². The number of Topliss-reactive ketones (excluding diaryl/α,β-unsaturated/α-hetero) is 1. The van der Waals surface area contributed by atoms with E-state index in [0.29, 0.717) is 11.4 Å². The minimum absolute atomic E-state index is 0.00521. The van der Waals surface area contributed by atoms with Crippen molar-refractivity contribution in [3.8, 4) is 5.82 Å². The van der Waals surface area contributed by atoms with Gasteiger partial charge in [-0.15, -0.1) is 0 Å². The topological polar surface area (TPSA) is 81.6 Å². The molecule has 0 saturated carbocycles. The highest BCUT2D eigenvalue weighted by molar-refractivity contribution is 5.98. The van der Waals surface area contributed by atoms with Gasteiger partial charge in [0.1, 0.15) is 12.3 Å². The molecule has 0 aliphatic rings. The molecule has 2 heterocycles. The summed E-state index contributed by atoms with van der Waals surface area (Å²) in [5.74, 6) is 1.33. The van der Waals surface area contributed by atoms with E-state index in [1.54, 1.807) is 0 Å². The number of nitrogens with zero attached hydrogens (tertiary/aromatic N) is 2. The maximum atomic E-state index is 12.7. The van der Waals surface area contributed by atoms with Gasteiger partial charge in [0.2, 0.25) is 5.78 Å². The molecule has 2 aromatic heterocycles. The lowest BCUT2D eigenvalue weighted by Crippen LogP contribution is -3.11. The van der Waals surface area contributed by atoms with Gasteiger partial charge in [-0.25, -0.2) is 0 Å². The maximum Gasteiger partial charge on any atom is 0.275 e. The number of carbonyl (C=O) groups excluding carboxylic acids is 2. The first-order valence-electron chi connectivity index (χ1n) is 8.76. The normalized spacial score (nSPS) is 12.9. The van der Waals surface area contributed by atoms with Crippen molar-refractivity contribution in [1.29, 1.82) is 0 Å². The Kier molecular flexibility index (Phi) is 5.71. The standard InChI is InChI=1S/C19H28N4O3/c1-12-8-15(14(3)23(12)17-9-13(2)26-21-17)16(24)10-22(7)11-18(25)20-19(4,5)6/h8-9H,10-11H2,1-7H3,(H,20,25)/p+1. The molecule has 2 aromatic rings. The van der Waals surface area contributed by atoms with Crippen LogP contribution in [0.3, 0.4) is 0 Å². The number of quaternary nitrogens is 1. The zero-order chi connectivity index (χ0) is 19.6. The van der Waals surface area contributed by atoms with Crippen molar-refractivity contribution in [3.63, 3.8) is 0 Å². The van der Waals surface area contributed by atoms with Crippen LogP contribution >= 0.6 is 0 Å². The Morgan fingerprint density at radius 1 is 1.19 bits per heavy atom. The molecule has 0 aliphatic heterocycles. The Morgan fingerprint density at radius 3 is 2.38 bits per heavy atom. The number of carbonyl (C=O) groups is 2. The number of rotatable bonds is 6. The van der Waals surface area contributed by atoms with E-state index in [9.17, 15) is 9.59 Å². The molecule has 0 aliphatic carbocycles. The minimum Gasteiger partial charge on any atom is -0.360 e. The molecule has 2 N–H and O–H groups in total. The van der Waals surface area contributed by atoms with E-state index in [-0.39, 0.29) is 30.3 Å². The van der Waals surface area contributed by atoms with Gasteiger partial charge in [-0.05, 0) is 47.6 Å². The Balaban J connectivity index is 2.09. The van der Waals surface area contributed by atoms with E-state index in [4.69, 9.17) is 4.52 Å². The molecular formula is C19H29N4O3+. The summed E-state index contributed by atoms with van der Waals surface area (Å²) in [5, 5.41) is 6.95. The zero-order valence-corrected chi connectivity index (χ0v) is 16.7. The highest BCUT2D eigenvalue weighted by atomic mass is 16.5. The molecule has 0 saturated heterocycles. The summed E-state index contributed by atoms with van der Waals surface area (Å²) < 4.78 is 7.05. The molecule has 0 radical (unpaired) electrons. The van der Waals surface area contributed by atoms with Crippen molar-refractivity contribution in [2.24, 2.45) is 0 Å². The number of hydrogen-bond acceptors (Lipinski definition) is 4. The van der Waals surface area contributed by atoms with E-state index >= 15 is 0 Å². The quantitative estimate of drug-likeness (QED) is 0.752. The van der Waals surface area contributed by atoms with Crippen LogP contribution < -0.4 is 10.2 Å². The molecule has 0 bridgehead atoms. The highest BCUT2D eigenvalue weighted by Crippen LogP contribution is 2.20. The lowest BCUT2D eigenvalue weighted by Gasteiger charge is -2.21.